The second-order valence-electron chi connectivity index (χ2n) is 4.11. The molecule has 0 bridgehead atoms. The lowest BCUT2D eigenvalue weighted by Gasteiger charge is -2.08. The Morgan fingerprint density at radius 3 is 2.84 bits per heavy atom. The lowest BCUT2D eigenvalue weighted by molar-refractivity contribution is 0.198. The number of hydrogen-bond donors (Lipinski definition) is 1. The van der Waals surface area contributed by atoms with Gasteiger partial charge in [0.05, 0.1) is 6.10 Å². The molecule has 1 atom stereocenters. The molecule has 0 amide bonds. The molecule has 6 heteroatoms. The maximum atomic E-state index is 13.7. The molecule has 0 aliphatic carbocycles. The van der Waals surface area contributed by atoms with Gasteiger partial charge in [-0.25, -0.2) is 4.39 Å². The van der Waals surface area contributed by atoms with Crippen LogP contribution in [0.4, 0.5) is 4.39 Å². The van der Waals surface area contributed by atoms with Gasteiger partial charge in [0.2, 0.25) is 11.7 Å². The zero-order valence-electron chi connectivity index (χ0n) is 10.8. The Morgan fingerprint density at radius 2 is 2.26 bits per heavy atom. The summed E-state index contributed by atoms with van der Waals surface area (Å²) in [4.78, 5) is 4.05. The number of ether oxygens (including phenoxy) is 1. The first-order valence-electron chi connectivity index (χ1n) is 6.02. The van der Waals surface area contributed by atoms with Gasteiger partial charge in [-0.1, -0.05) is 18.1 Å². The van der Waals surface area contributed by atoms with Crippen LogP contribution in [-0.2, 0) is 13.0 Å². The van der Waals surface area contributed by atoms with E-state index >= 15 is 0 Å². The Labute approximate surface area is 110 Å². The van der Waals surface area contributed by atoms with Crippen molar-refractivity contribution < 1.29 is 18.8 Å². The van der Waals surface area contributed by atoms with E-state index in [1.54, 1.807) is 13.0 Å². The minimum Gasteiger partial charge on any atom is -0.482 e. The summed E-state index contributed by atoms with van der Waals surface area (Å²) in [6.45, 7) is 3.50. The van der Waals surface area contributed by atoms with Gasteiger partial charge in [-0.2, -0.15) is 4.98 Å². The molecule has 1 N–H and O–H groups in total. The molecular formula is C13H15FN2O3. The Balaban J connectivity index is 2.03. The van der Waals surface area contributed by atoms with Crippen LogP contribution in [0.3, 0.4) is 0 Å². The third-order valence-corrected chi connectivity index (χ3v) is 2.61. The van der Waals surface area contributed by atoms with Gasteiger partial charge in [-0.05, 0) is 24.6 Å². The first-order chi connectivity index (χ1) is 9.10. The van der Waals surface area contributed by atoms with E-state index in [-0.39, 0.29) is 12.4 Å². The number of rotatable bonds is 5. The fourth-order valence-corrected chi connectivity index (χ4v) is 1.53. The number of aryl methyl sites for hydroxylation is 1. The third kappa shape index (κ3) is 3.29. The molecule has 0 saturated heterocycles. The highest BCUT2D eigenvalue weighted by atomic mass is 19.1. The van der Waals surface area contributed by atoms with Crippen LogP contribution in [0.5, 0.6) is 5.75 Å². The molecule has 1 aromatic heterocycles. The Bertz CT molecular complexity index is 555. The lowest BCUT2D eigenvalue weighted by atomic mass is 10.1. The number of aromatic nitrogens is 2. The van der Waals surface area contributed by atoms with Gasteiger partial charge < -0.3 is 14.4 Å². The first-order valence-corrected chi connectivity index (χ1v) is 6.02. The van der Waals surface area contributed by atoms with Gasteiger partial charge in [0, 0.05) is 6.42 Å². The molecule has 0 spiro atoms. The van der Waals surface area contributed by atoms with Crippen molar-refractivity contribution in [1.29, 1.82) is 0 Å². The van der Waals surface area contributed by atoms with Crippen molar-refractivity contribution in [1.82, 2.24) is 10.1 Å². The minimum atomic E-state index is -0.715. The Hall–Kier alpha value is -1.95. The van der Waals surface area contributed by atoms with Gasteiger partial charge in [-0.3, -0.25) is 0 Å². The van der Waals surface area contributed by atoms with E-state index in [1.807, 2.05) is 6.92 Å². The predicted octanol–water partition coefficient (Wildman–Crippen LogP) is 2.40. The molecule has 19 heavy (non-hydrogen) atoms. The predicted molar refractivity (Wildman–Crippen MR) is 65.0 cm³/mol. The number of aliphatic hydroxyl groups excluding tert-OH is 1. The van der Waals surface area contributed by atoms with Crippen molar-refractivity contribution in [2.24, 2.45) is 0 Å². The molecule has 0 radical (unpaired) electrons. The molecule has 1 aromatic carbocycles. The fourth-order valence-electron chi connectivity index (χ4n) is 1.53. The topological polar surface area (TPSA) is 68.4 Å². The second-order valence-corrected chi connectivity index (χ2v) is 4.11. The molecule has 5 nitrogen and oxygen atoms in total. The first kappa shape index (κ1) is 13.5. The minimum absolute atomic E-state index is 0.0362. The van der Waals surface area contributed by atoms with Crippen LogP contribution >= 0.6 is 0 Å². The zero-order valence-corrected chi connectivity index (χ0v) is 10.8. The highest BCUT2D eigenvalue weighted by Gasteiger charge is 2.10. The third-order valence-electron chi connectivity index (χ3n) is 2.61. The van der Waals surface area contributed by atoms with Gasteiger partial charge in [0.25, 0.3) is 0 Å². The molecule has 2 aromatic rings. The summed E-state index contributed by atoms with van der Waals surface area (Å²) in [7, 11) is 0. The SMILES string of the molecule is CCc1nc(COc2ccc(C(C)O)cc2F)no1. The van der Waals surface area contributed by atoms with E-state index in [2.05, 4.69) is 10.1 Å². The van der Waals surface area contributed by atoms with Crippen LogP contribution in [-0.4, -0.2) is 15.2 Å². The molecule has 0 aliphatic heterocycles. The van der Waals surface area contributed by atoms with Crippen molar-refractivity contribution in [2.45, 2.75) is 33.0 Å². The highest BCUT2D eigenvalue weighted by Crippen LogP contribution is 2.22. The maximum Gasteiger partial charge on any atom is 0.226 e. The molecule has 102 valence electrons. The summed E-state index contributed by atoms with van der Waals surface area (Å²) < 4.78 is 23.9. The second kappa shape index (κ2) is 5.79. The number of nitrogens with zero attached hydrogens (tertiary/aromatic N) is 2. The number of halogens is 1. The summed E-state index contributed by atoms with van der Waals surface area (Å²) in [6, 6.07) is 4.32. The average molecular weight is 266 g/mol. The molecular weight excluding hydrogens is 251 g/mol. The van der Waals surface area contributed by atoms with Crippen LogP contribution in [0.2, 0.25) is 0 Å². The molecule has 1 heterocycles. The molecule has 1 unspecified atom stereocenters. The van der Waals surface area contributed by atoms with Crippen molar-refractivity contribution in [3.63, 3.8) is 0 Å². The summed E-state index contributed by atoms with van der Waals surface area (Å²) in [5, 5.41) is 13.0. The van der Waals surface area contributed by atoms with Crippen LogP contribution in [0.1, 0.15) is 37.2 Å². The van der Waals surface area contributed by atoms with E-state index in [1.165, 1.54) is 12.1 Å². The number of hydrogen-bond acceptors (Lipinski definition) is 5. The molecule has 2 rings (SSSR count). The number of aliphatic hydroxyl groups is 1. The Morgan fingerprint density at radius 1 is 1.47 bits per heavy atom. The highest BCUT2D eigenvalue weighted by molar-refractivity contribution is 5.30. The van der Waals surface area contributed by atoms with E-state index in [0.29, 0.717) is 23.7 Å². The largest absolute Gasteiger partial charge is 0.482 e. The van der Waals surface area contributed by atoms with Gasteiger partial charge in [0.1, 0.15) is 0 Å². The average Bonchev–Trinajstić information content (AvgIpc) is 2.85. The van der Waals surface area contributed by atoms with Crippen molar-refractivity contribution >= 4 is 0 Å². The fraction of sp³-hybridized carbons (Fsp3) is 0.385. The van der Waals surface area contributed by atoms with Crippen molar-refractivity contribution in [3.8, 4) is 5.75 Å². The van der Waals surface area contributed by atoms with E-state index in [0.717, 1.165) is 0 Å². The van der Waals surface area contributed by atoms with Crippen molar-refractivity contribution in [2.75, 3.05) is 0 Å². The quantitative estimate of drug-likeness (QED) is 0.900. The monoisotopic (exact) mass is 266 g/mol. The van der Waals surface area contributed by atoms with Crippen LogP contribution in [0.25, 0.3) is 0 Å². The molecule has 0 fully saturated rings. The number of benzene rings is 1. The lowest BCUT2D eigenvalue weighted by Crippen LogP contribution is -2.01. The van der Waals surface area contributed by atoms with Crippen LogP contribution in [0, 0.1) is 5.82 Å². The Kier molecular flexibility index (Phi) is 4.11. The summed E-state index contributed by atoms with van der Waals surface area (Å²) in [5.41, 5.74) is 0.498. The van der Waals surface area contributed by atoms with Crippen LogP contribution < -0.4 is 4.74 Å². The van der Waals surface area contributed by atoms with Gasteiger partial charge in [0.15, 0.2) is 18.2 Å². The normalized spacial score (nSPS) is 12.4. The zero-order chi connectivity index (χ0) is 13.8. The van der Waals surface area contributed by atoms with E-state index in [4.69, 9.17) is 9.26 Å². The van der Waals surface area contributed by atoms with Gasteiger partial charge in [-0.15, -0.1) is 0 Å². The molecule has 0 saturated carbocycles. The standard InChI is InChI=1S/C13H15FN2O3/c1-3-13-15-12(16-19-13)7-18-11-5-4-9(8(2)17)6-10(11)14/h4-6,8,17H,3,7H2,1-2H3. The maximum absolute atomic E-state index is 13.7. The van der Waals surface area contributed by atoms with Gasteiger partial charge >= 0.3 is 0 Å². The van der Waals surface area contributed by atoms with Crippen molar-refractivity contribution in [3.05, 3.63) is 41.3 Å². The smallest absolute Gasteiger partial charge is 0.226 e. The van der Waals surface area contributed by atoms with Crippen LogP contribution in [0.15, 0.2) is 22.7 Å². The van der Waals surface area contributed by atoms with E-state index < -0.39 is 11.9 Å². The summed E-state index contributed by atoms with van der Waals surface area (Å²) >= 11 is 0. The summed E-state index contributed by atoms with van der Waals surface area (Å²) in [6.07, 6.45) is -0.0716. The summed E-state index contributed by atoms with van der Waals surface area (Å²) in [5.74, 6) is 0.448. The van der Waals surface area contributed by atoms with E-state index in [9.17, 15) is 9.50 Å². The molecule has 0 aliphatic rings.